The van der Waals surface area contributed by atoms with Gasteiger partial charge in [-0.15, -0.1) is 0 Å². The lowest BCUT2D eigenvalue weighted by Gasteiger charge is -2.10. The summed E-state index contributed by atoms with van der Waals surface area (Å²) in [7, 11) is 0. The summed E-state index contributed by atoms with van der Waals surface area (Å²) in [6, 6.07) is 3.92. The van der Waals surface area contributed by atoms with Gasteiger partial charge in [-0.1, -0.05) is 19.9 Å². The van der Waals surface area contributed by atoms with Crippen LogP contribution in [-0.4, -0.2) is 15.0 Å². The predicted molar refractivity (Wildman–Crippen MR) is 79.7 cm³/mol. The topological polar surface area (TPSA) is 64.7 Å². The highest BCUT2D eigenvalue weighted by molar-refractivity contribution is 9.10. The third-order valence-corrected chi connectivity index (χ3v) is 3.54. The van der Waals surface area contributed by atoms with Crippen molar-refractivity contribution in [3.8, 4) is 0 Å². The summed E-state index contributed by atoms with van der Waals surface area (Å²) in [5.74, 6) is 1.77. The van der Waals surface area contributed by atoms with E-state index >= 15 is 0 Å². The SMILES string of the molecule is CC(C)Cc1nc(Cc2cccnc2)nc(N)c1Br. The van der Waals surface area contributed by atoms with E-state index in [-0.39, 0.29) is 0 Å². The van der Waals surface area contributed by atoms with Crippen molar-refractivity contribution in [2.24, 2.45) is 5.92 Å². The molecule has 100 valence electrons. The van der Waals surface area contributed by atoms with Crippen LogP contribution in [0.1, 0.15) is 30.9 Å². The van der Waals surface area contributed by atoms with E-state index in [1.807, 2.05) is 18.3 Å². The van der Waals surface area contributed by atoms with Crippen LogP contribution in [0.15, 0.2) is 29.0 Å². The molecule has 0 saturated carbocycles. The molecule has 2 aromatic heterocycles. The van der Waals surface area contributed by atoms with Gasteiger partial charge >= 0.3 is 0 Å². The van der Waals surface area contributed by atoms with E-state index in [0.29, 0.717) is 18.2 Å². The van der Waals surface area contributed by atoms with E-state index in [1.165, 1.54) is 0 Å². The lowest BCUT2D eigenvalue weighted by molar-refractivity contribution is 0.629. The first-order chi connectivity index (χ1) is 9.06. The van der Waals surface area contributed by atoms with Crippen LogP contribution >= 0.6 is 15.9 Å². The van der Waals surface area contributed by atoms with E-state index in [0.717, 1.165) is 28.0 Å². The molecule has 2 heterocycles. The fourth-order valence-electron chi connectivity index (χ4n) is 1.85. The van der Waals surface area contributed by atoms with Crippen molar-refractivity contribution in [3.05, 3.63) is 46.1 Å². The Morgan fingerprint density at radius 2 is 2.11 bits per heavy atom. The van der Waals surface area contributed by atoms with Crippen LogP contribution in [0, 0.1) is 5.92 Å². The van der Waals surface area contributed by atoms with Crippen molar-refractivity contribution < 1.29 is 0 Å². The van der Waals surface area contributed by atoms with Crippen LogP contribution in [-0.2, 0) is 12.8 Å². The zero-order chi connectivity index (χ0) is 13.8. The number of rotatable bonds is 4. The number of pyridine rings is 1. The predicted octanol–water partition coefficient (Wildman–Crippen LogP) is 3.01. The van der Waals surface area contributed by atoms with Crippen molar-refractivity contribution >= 4 is 21.7 Å². The molecular weight excluding hydrogens is 304 g/mol. The molecule has 0 aliphatic heterocycles. The maximum absolute atomic E-state index is 5.94. The molecule has 2 N–H and O–H groups in total. The van der Waals surface area contributed by atoms with Crippen LogP contribution < -0.4 is 5.73 Å². The number of nitrogens with zero attached hydrogens (tertiary/aromatic N) is 3. The third-order valence-electron chi connectivity index (χ3n) is 2.68. The quantitative estimate of drug-likeness (QED) is 0.940. The number of halogens is 1. The Bertz CT molecular complexity index is 555. The lowest BCUT2D eigenvalue weighted by Crippen LogP contribution is -2.08. The van der Waals surface area contributed by atoms with Crippen molar-refractivity contribution in [1.29, 1.82) is 0 Å². The van der Waals surface area contributed by atoms with Gasteiger partial charge < -0.3 is 5.73 Å². The summed E-state index contributed by atoms with van der Waals surface area (Å²) in [5, 5.41) is 0. The van der Waals surface area contributed by atoms with Crippen LogP contribution in [0.25, 0.3) is 0 Å². The zero-order valence-corrected chi connectivity index (χ0v) is 12.7. The Morgan fingerprint density at radius 3 is 2.74 bits per heavy atom. The van der Waals surface area contributed by atoms with Crippen LogP contribution in [0.4, 0.5) is 5.82 Å². The molecule has 5 heteroatoms. The molecule has 4 nitrogen and oxygen atoms in total. The van der Waals surface area contributed by atoms with Crippen molar-refractivity contribution in [1.82, 2.24) is 15.0 Å². The molecule has 0 unspecified atom stereocenters. The van der Waals surface area contributed by atoms with E-state index in [9.17, 15) is 0 Å². The van der Waals surface area contributed by atoms with Gasteiger partial charge in [-0.05, 0) is 39.9 Å². The number of nitrogens with two attached hydrogens (primary N) is 1. The van der Waals surface area contributed by atoms with Gasteiger partial charge in [0.15, 0.2) is 0 Å². The van der Waals surface area contributed by atoms with Gasteiger partial charge in [0.25, 0.3) is 0 Å². The fraction of sp³-hybridized carbons (Fsp3) is 0.357. The Balaban J connectivity index is 2.29. The smallest absolute Gasteiger partial charge is 0.141 e. The summed E-state index contributed by atoms with van der Waals surface area (Å²) < 4.78 is 0.816. The maximum Gasteiger partial charge on any atom is 0.141 e. The van der Waals surface area contributed by atoms with Gasteiger partial charge in [-0.25, -0.2) is 9.97 Å². The molecule has 0 atom stereocenters. The second-order valence-electron chi connectivity index (χ2n) is 4.92. The first-order valence-corrected chi connectivity index (χ1v) is 7.05. The molecule has 0 fully saturated rings. The molecule has 0 spiro atoms. The number of hydrogen-bond acceptors (Lipinski definition) is 4. The van der Waals surface area contributed by atoms with Crippen LogP contribution in [0.3, 0.4) is 0 Å². The summed E-state index contributed by atoms with van der Waals surface area (Å²) in [5.41, 5.74) is 7.99. The van der Waals surface area contributed by atoms with Gasteiger partial charge in [-0.3, -0.25) is 4.98 Å². The Morgan fingerprint density at radius 1 is 1.32 bits per heavy atom. The Kier molecular flexibility index (Phi) is 4.47. The molecule has 0 aromatic carbocycles. The van der Waals surface area contributed by atoms with Gasteiger partial charge in [0, 0.05) is 18.8 Å². The average molecular weight is 321 g/mol. The average Bonchev–Trinajstić information content (AvgIpc) is 2.36. The van der Waals surface area contributed by atoms with E-state index in [1.54, 1.807) is 6.20 Å². The summed E-state index contributed by atoms with van der Waals surface area (Å²) in [6.45, 7) is 4.32. The highest BCUT2D eigenvalue weighted by Crippen LogP contribution is 2.24. The largest absolute Gasteiger partial charge is 0.383 e. The highest BCUT2D eigenvalue weighted by atomic mass is 79.9. The number of nitrogen functional groups attached to an aromatic ring is 1. The van der Waals surface area contributed by atoms with E-state index in [4.69, 9.17) is 5.73 Å². The summed E-state index contributed by atoms with van der Waals surface area (Å²) in [6.07, 6.45) is 5.11. The number of aromatic nitrogens is 3. The van der Waals surface area contributed by atoms with Gasteiger partial charge in [0.1, 0.15) is 11.6 Å². The maximum atomic E-state index is 5.94. The van der Waals surface area contributed by atoms with Crippen molar-refractivity contribution in [3.63, 3.8) is 0 Å². The molecule has 2 aromatic rings. The minimum absolute atomic E-state index is 0.504. The molecule has 0 bridgehead atoms. The zero-order valence-electron chi connectivity index (χ0n) is 11.1. The summed E-state index contributed by atoms with van der Waals surface area (Å²) in [4.78, 5) is 13.0. The van der Waals surface area contributed by atoms with Crippen molar-refractivity contribution in [2.45, 2.75) is 26.7 Å². The third kappa shape index (κ3) is 3.73. The van der Waals surface area contributed by atoms with Gasteiger partial charge in [-0.2, -0.15) is 0 Å². The van der Waals surface area contributed by atoms with Gasteiger partial charge in [0.2, 0.25) is 0 Å². The van der Waals surface area contributed by atoms with Crippen molar-refractivity contribution in [2.75, 3.05) is 5.73 Å². The second-order valence-corrected chi connectivity index (χ2v) is 5.71. The molecular formula is C14H17BrN4. The molecule has 0 aliphatic rings. The van der Waals surface area contributed by atoms with Gasteiger partial charge in [0.05, 0.1) is 10.2 Å². The molecule has 0 amide bonds. The standard InChI is InChI=1S/C14H17BrN4/c1-9(2)6-11-13(15)14(16)19-12(18-11)7-10-4-3-5-17-8-10/h3-5,8-9H,6-7H2,1-2H3,(H2,16,18,19). The van der Waals surface area contributed by atoms with Crippen LogP contribution in [0.5, 0.6) is 0 Å². The van der Waals surface area contributed by atoms with E-state index < -0.39 is 0 Å². The molecule has 0 aliphatic carbocycles. The fourth-order valence-corrected chi connectivity index (χ4v) is 2.19. The Hall–Kier alpha value is -1.49. The minimum Gasteiger partial charge on any atom is -0.383 e. The second kappa shape index (κ2) is 6.10. The minimum atomic E-state index is 0.504. The number of anilines is 1. The normalized spacial score (nSPS) is 10.9. The molecule has 0 radical (unpaired) electrons. The summed E-state index contributed by atoms with van der Waals surface area (Å²) >= 11 is 3.47. The molecule has 19 heavy (non-hydrogen) atoms. The number of hydrogen-bond donors (Lipinski definition) is 1. The van der Waals surface area contributed by atoms with E-state index in [2.05, 4.69) is 44.7 Å². The van der Waals surface area contributed by atoms with Crippen LogP contribution in [0.2, 0.25) is 0 Å². The molecule has 2 rings (SSSR count). The molecule has 0 saturated heterocycles. The highest BCUT2D eigenvalue weighted by Gasteiger charge is 2.12. The lowest BCUT2D eigenvalue weighted by atomic mass is 10.1. The first kappa shape index (κ1) is 13.9. The monoisotopic (exact) mass is 320 g/mol. The first-order valence-electron chi connectivity index (χ1n) is 6.26. The Labute approximate surface area is 121 Å².